The minimum Gasteiger partial charge on any atom is -0.485 e. The number of hydrogen-bond acceptors (Lipinski definition) is 3. The molecule has 0 amide bonds. The van der Waals surface area contributed by atoms with E-state index in [0.717, 1.165) is 30.6 Å². The third-order valence-electron chi connectivity index (χ3n) is 7.32. The van der Waals surface area contributed by atoms with Gasteiger partial charge in [0.05, 0.1) is 0 Å². The first-order chi connectivity index (χ1) is 15.0. The number of aryl methyl sites for hydroxylation is 1. The van der Waals surface area contributed by atoms with Crippen LogP contribution < -0.4 is 10.5 Å². The summed E-state index contributed by atoms with van der Waals surface area (Å²) >= 11 is 0. The fraction of sp³-hybridized carbons (Fsp3) is 0.536. The van der Waals surface area contributed by atoms with Gasteiger partial charge in [-0.2, -0.15) is 0 Å². The molecule has 0 aromatic heterocycles. The maximum absolute atomic E-state index is 12.1. The van der Waals surface area contributed by atoms with Gasteiger partial charge < -0.3 is 10.5 Å². The standard InChI is InChI=1S/C28H37NO2/c1-19(2)27(30)17-20-11-14-24(15-12-20)31-28-25-10-6-4-7-21(25)13-16-26(28)22-8-3-5-9-23(29)18-22/h4,6-7,10-12,14-15,19,22-23,26,28H,3,5,8-9,13,16-18,29H2,1-2H3. The van der Waals surface area contributed by atoms with E-state index in [9.17, 15) is 4.79 Å². The first-order valence-corrected chi connectivity index (χ1v) is 12.1. The molecule has 4 atom stereocenters. The molecular weight excluding hydrogens is 382 g/mol. The first kappa shape index (κ1) is 22.1. The highest BCUT2D eigenvalue weighted by atomic mass is 16.5. The molecule has 2 aliphatic rings. The Balaban J connectivity index is 1.56. The monoisotopic (exact) mass is 419 g/mol. The van der Waals surface area contributed by atoms with E-state index in [1.165, 1.54) is 36.8 Å². The van der Waals surface area contributed by atoms with E-state index in [4.69, 9.17) is 10.5 Å². The molecule has 0 saturated heterocycles. The second-order valence-corrected chi connectivity index (χ2v) is 9.92. The van der Waals surface area contributed by atoms with E-state index >= 15 is 0 Å². The highest BCUT2D eigenvalue weighted by Gasteiger charge is 2.37. The van der Waals surface area contributed by atoms with Gasteiger partial charge >= 0.3 is 0 Å². The predicted octanol–water partition coefficient (Wildman–Crippen LogP) is 6.04. The molecule has 2 N–H and O–H groups in total. The third kappa shape index (κ3) is 5.38. The SMILES string of the molecule is CC(C)C(=O)Cc1ccc(OC2c3ccccc3CCC2C2CCCCC(N)C2)cc1. The normalized spacial score (nSPS) is 26.2. The van der Waals surface area contributed by atoms with Crippen molar-refractivity contribution >= 4 is 5.78 Å². The van der Waals surface area contributed by atoms with Gasteiger partial charge in [0.15, 0.2) is 0 Å². The number of Topliss-reactive ketones (excluding diaryl/α,β-unsaturated/α-hetero) is 1. The second kappa shape index (κ2) is 9.99. The van der Waals surface area contributed by atoms with E-state index < -0.39 is 0 Å². The highest BCUT2D eigenvalue weighted by Crippen LogP contribution is 2.45. The van der Waals surface area contributed by atoms with Crippen LogP contribution in [-0.4, -0.2) is 11.8 Å². The van der Waals surface area contributed by atoms with Crippen LogP contribution in [0.4, 0.5) is 0 Å². The van der Waals surface area contributed by atoms with Gasteiger partial charge in [0.25, 0.3) is 0 Å². The van der Waals surface area contributed by atoms with Crippen molar-refractivity contribution < 1.29 is 9.53 Å². The van der Waals surface area contributed by atoms with Crippen molar-refractivity contribution in [1.82, 2.24) is 0 Å². The number of ether oxygens (including phenoxy) is 1. The molecule has 2 aliphatic carbocycles. The third-order valence-corrected chi connectivity index (χ3v) is 7.32. The number of carbonyl (C=O) groups is 1. The molecule has 2 aromatic carbocycles. The largest absolute Gasteiger partial charge is 0.485 e. The van der Waals surface area contributed by atoms with E-state index in [0.29, 0.717) is 24.3 Å². The Labute approximate surface area is 187 Å². The van der Waals surface area contributed by atoms with Gasteiger partial charge in [0, 0.05) is 24.3 Å². The van der Waals surface area contributed by atoms with Crippen molar-refractivity contribution in [3.63, 3.8) is 0 Å². The van der Waals surface area contributed by atoms with Gasteiger partial charge in [-0.1, -0.05) is 63.1 Å². The van der Waals surface area contributed by atoms with Crippen molar-refractivity contribution in [3.05, 3.63) is 65.2 Å². The summed E-state index contributed by atoms with van der Waals surface area (Å²) in [6.07, 6.45) is 8.92. The second-order valence-electron chi connectivity index (χ2n) is 9.92. The zero-order valence-electron chi connectivity index (χ0n) is 19.1. The molecule has 1 fully saturated rings. The summed E-state index contributed by atoms with van der Waals surface area (Å²) in [7, 11) is 0. The lowest BCUT2D eigenvalue weighted by Gasteiger charge is -2.39. The molecule has 31 heavy (non-hydrogen) atoms. The lowest BCUT2D eigenvalue weighted by atomic mass is 9.72. The Morgan fingerprint density at radius 1 is 1.03 bits per heavy atom. The van der Waals surface area contributed by atoms with Gasteiger partial charge in [0.1, 0.15) is 17.6 Å². The smallest absolute Gasteiger partial charge is 0.139 e. The van der Waals surface area contributed by atoms with Crippen LogP contribution in [0.3, 0.4) is 0 Å². The number of rotatable bonds is 6. The molecule has 0 radical (unpaired) electrons. The molecule has 4 unspecified atom stereocenters. The maximum Gasteiger partial charge on any atom is 0.139 e. The molecule has 166 valence electrons. The molecule has 0 aliphatic heterocycles. The quantitative estimate of drug-likeness (QED) is 0.580. The van der Waals surface area contributed by atoms with Crippen LogP contribution in [0.5, 0.6) is 5.75 Å². The van der Waals surface area contributed by atoms with Crippen LogP contribution in [0, 0.1) is 17.8 Å². The fourth-order valence-corrected chi connectivity index (χ4v) is 5.44. The number of ketones is 1. The van der Waals surface area contributed by atoms with Crippen LogP contribution in [0.15, 0.2) is 48.5 Å². The predicted molar refractivity (Wildman–Crippen MR) is 126 cm³/mol. The molecule has 3 nitrogen and oxygen atoms in total. The van der Waals surface area contributed by atoms with Crippen molar-refractivity contribution in [1.29, 1.82) is 0 Å². The number of benzene rings is 2. The molecule has 4 rings (SSSR count). The summed E-state index contributed by atoms with van der Waals surface area (Å²) in [5, 5.41) is 0. The summed E-state index contributed by atoms with van der Waals surface area (Å²) in [4.78, 5) is 12.1. The van der Waals surface area contributed by atoms with E-state index in [1.807, 2.05) is 38.1 Å². The molecule has 0 spiro atoms. The minimum atomic E-state index is 0.0707. The van der Waals surface area contributed by atoms with Crippen molar-refractivity contribution in [3.8, 4) is 5.75 Å². The average Bonchev–Trinajstić information content (AvgIpc) is 2.99. The van der Waals surface area contributed by atoms with Gasteiger partial charge in [-0.25, -0.2) is 0 Å². The van der Waals surface area contributed by atoms with Gasteiger partial charge in [-0.3, -0.25) is 4.79 Å². The Morgan fingerprint density at radius 3 is 2.55 bits per heavy atom. The topological polar surface area (TPSA) is 52.3 Å². The summed E-state index contributed by atoms with van der Waals surface area (Å²) in [5.74, 6) is 2.37. The Morgan fingerprint density at radius 2 is 1.77 bits per heavy atom. The van der Waals surface area contributed by atoms with Crippen molar-refractivity contribution in [2.45, 2.75) is 77.4 Å². The van der Waals surface area contributed by atoms with Crippen LogP contribution >= 0.6 is 0 Å². The fourth-order valence-electron chi connectivity index (χ4n) is 5.44. The lowest BCUT2D eigenvalue weighted by Crippen LogP contribution is -2.33. The minimum absolute atomic E-state index is 0.0707. The summed E-state index contributed by atoms with van der Waals surface area (Å²) in [5.41, 5.74) is 10.3. The zero-order valence-corrected chi connectivity index (χ0v) is 19.1. The highest BCUT2D eigenvalue weighted by molar-refractivity contribution is 5.82. The summed E-state index contributed by atoms with van der Waals surface area (Å²) in [6.45, 7) is 3.92. The molecule has 2 aromatic rings. The van der Waals surface area contributed by atoms with Crippen LogP contribution in [0.25, 0.3) is 0 Å². The first-order valence-electron chi connectivity index (χ1n) is 12.1. The van der Waals surface area contributed by atoms with Crippen LogP contribution in [0.2, 0.25) is 0 Å². The molecule has 1 saturated carbocycles. The molecule has 0 bridgehead atoms. The lowest BCUT2D eigenvalue weighted by molar-refractivity contribution is -0.121. The number of fused-ring (bicyclic) bond motifs is 1. The van der Waals surface area contributed by atoms with Gasteiger partial charge in [-0.15, -0.1) is 0 Å². The van der Waals surface area contributed by atoms with Crippen LogP contribution in [-0.2, 0) is 17.6 Å². The average molecular weight is 420 g/mol. The maximum atomic E-state index is 12.1. The summed E-state index contributed by atoms with van der Waals surface area (Å²) < 4.78 is 6.71. The summed E-state index contributed by atoms with van der Waals surface area (Å²) in [6, 6.07) is 17.3. The number of hydrogen-bond donors (Lipinski definition) is 1. The number of nitrogens with two attached hydrogens (primary N) is 1. The van der Waals surface area contributed by atoms with E-state index in [1.54, 1.807) is 0 Å². The molecule has 3 heteroatoms. The van der Waals surface area contributed by atoms with Crippen molar-refractivity contribution in [2.24, 2.45) is 23.5 Å². The molecular formula is C28H37NO2. The van der Waals surface area contributed by atoms with Gasteiger partial charge in [-0.05, 0) is 66.8 Å². The molecule has 0 heterocycles. The van der Waals surface area contributed by atoms with Crippen LogP contribution in [0.1, 0.15) is 75.2 Å². The van der Waals surface area contributed by atoms with E-state index in [-0.39, 0.29) is 17.8 Å². The zero-order chi connectivity index (χ0) is 21.8. The number of carbonyl (C=O) groups excluding carboxylic acids is 1. The van der Waals surface area contributed by atoms with Crippen molar-refractivity contribution in [2.75, 3.05) is 0 Å². The van der Waals surface area contributed by atoms with Gasteiger partial charge in [0.2, 0.25) is 0 Å². The van der Waals surface area contributed by atoms with E-state index in [2.05, 4.69) is 24.3 Å². The Hall–Kier alpha value is -2.13. The Bertz CT molecular complexity index is 873. The Kier molecular flexibility index (Phi) is 7.12.